The molecule has 0 atom stereocenters. The van der Waals surface area contributed by atoms with Gasteiger partial charge in [0, 0.05) is 70.1 Å². The van der Waals surface area contributed by atoms with E-state index in [-0.39, 0.29) is 0 Å². The summed E-state index contributed by atoms with van der Waals surface area (Å²) in [6, 6.07) is 78.3. The second-order valence-electron chi connectivity index (χ2n) is 17.0. The van der Waals surface area contributed by atoms with Gasteiger partial charge in [0.1, 0.15) is 11.2 Å². The summed E-state index contributed by atoms with van der Waals surface area (Å²) in [5.41, 5.74) is 8.72. The highest BCUT2D eigenvalue weighted by Crippen LogP contribution is 2.40. The number of nitrogens with zero attached hydrogens (tertiary/aromatic N) is 3. The summed E-state index contributed by atoms with van der Waals surface area (Å²) in [7, 11) is -3.14. The van der Waals surface area contributed by atoms with Crippen molar-refractivity contribution < 1.29 is 4.42 Å². The van der Waals surface area contributed by atoms with E-state index in [1.165, 1.54) is 79.2 Å². The van der Waals surface area contributed by atoms with Gasteiger partial charge in [-0.1, -0.05) is 152 Å². The van der Waals surface area contributed by atoms with Gasteiger partial charge in [0.15, 0.2) is 8.07 Å². The quantitative estimate of drug-likeness (QED) is 0.123. The minimum Gasteiger partial charge on any atom is -0.456 e. The lowest BCUT2D eigenvalue weighted by Gasteiger charge is -2.34. The zero-order valence-electron chi connectivity index (χ0n) is 35.0. The highest BCUT2D eigenvalue weighted by molar-refractivity contribution is 7.31. The molecule has 0 spiro atoms. The van der Waals surface area contributed by atoms with Crippen LogP contribution in [0.25, 0.3) is 97.1 Å². The predicted molar refractivity (Wildman–Crippen MR) is 277 cm³/mol. The number of para-hydroxylation sites is 4. The molecule has 0 saturated heterocycles. The van der Waals surface area contributed by atoms with Gasteiger partial charge in [-0.25, -0.2) is 0 Å². The first-order valence-corrected chi connectivity index (χ1v) is 24.9. The number of pyridine rings is 1. The molecule has 0 aliphatic carbocycles. The number of hydrogen-bond acceptors (Lipinski definition) is 3. The number of fused-ring (bicyclic) bond motifs is 12. The Balaban J connectivity index is 1.04. The van der Waals surface area contributed by atoms with E-state index in [1.54, 1.807) is 0 Å². The van der Waals surface area contributed by atoms with Gasteiger partial charge < -0.3 is 13.6 Å². The van der Waals surface area contributed by atoms with Gasteiger partial charge in [-0.05, 0) is 81.4 Å². The van der Waals surface area contributed by atoms with E-state index in [1.807, 2.05) is 23.7 Å². The van der Waals surface area contributed by atoms with Crippen LogP contribution in [0.1, 0.15) is 0 Å². The standard InChI is InChI=1S/C59H37N3OSSi/c1-3-15-40(16-4-1)65(41-17-5-2-6-18-41,56-27-13-22-46-48-35-38(29-31-54(48)63-58(46)56)62-52-26-12-9-21-44(52)45-33-34-60-37-53(45)62)57-28-14-23-47-49-36-39(30-32-55(49)64-59(47)57)61-50-24-10-7-19-42(50)43-20-8-11-25-51(43)61/h1-37H. The molecule has 6 heteroatoms. The van der Waals surface area contributed by atoms with E-state index >= 15 is 0 Å². The van der Waals surface area contributed by atoms with Crippen LogP contribution in [0.5, 0.6) is 0 Å². The largest absolute Gasteiger partial charge is 0.456 e. The highest BCUT2D eigenvalue weighted by atomic mass is 32.1. The average Bonchev–Trinajstić information content (AvgIpc) is 4.13. The summed E-state index contributed by atoms with van der Waals surface area (Å²) < 4.78 is 14.6. The summed E-state index contributed by atoms with van der Waals surface area (Å²) >= 11 is 1.91. The molecule has 5 heterocycles. The summed E-state index contributed by atoms with van der Waals surface area (Å²) in [6.45, 7) is 0. The fraction of sp³-hybridized carbons (Fsp3) is 0. The Kier molecular flexibility index (Phi) is 7.84. The van der Waals surface area contributed by atoms with Gasteiger partial charge in [-0.3, -0.25) is 4.98 Å². The van der Waals surface area contributed by atoms with Crippen molar-refractivity contribution in [3.05, 3.63) is 225 Å². The summed E-state index contributed by atoms with van der Waals surface area (Å²) in [5, 5.41) is 14.9. The first-order valence-electron chi connectivity index (χ1n) is 22.1. The summed E-state index contributed by atoms with van der Waals surface area (Å²) in [6.07, 6.45) is 3.86. The van der Waals surface area contributed by atoms with Crippen molar-refractivity contribution in [3.63, 3.8) is 0 Å². The van der Waals surface area contributed by atoms with E-state index < -0.39 is 8.07 Å². The molecule has 0 fully saturated rings. The minimum atomic E-state index is -3.14. The number of rotatable bonds is 6. The Morgan fingerprint density at radius 2 is 0.923 bits per heavy atom. The van der Waals surface area contributed by atoms with Crippen molar-refractivity contribution in [3.8, 4) is 11.4 Å². The van der Waals surface area contributed by atoms with Crippen LogP contribution >= 0.6 is 11.3 Å². The molecule has 0 unspecified atom stereocenters. The van der Waals surface area contributed by atoms with Crippen LogP contribution in [0.2, 0.25) is 0 Å². The number of benzene rings is 9. The molecule has 4 nitrogen and oxygen atoms in total. The zero-order chi connectivity index (χ0) is 42.6. The van der Waals surface area contributed by atoms with Gasteiger partial charge >= 0.3 is 0 Å². The van der Waals surface area contributed by atoms with Gasteiger partial charge in [-0.2, -0.15) is 0 Å². The predicted octanol–water partition coefficient (Wildman–Crippen LogP) is 12.9. The Hall–Kier alpha value is -8.03. The van der Waals surface area contributed by atoms with Crippen molar-refractivity contribution >= 4 is 126 Å². The van der Waals surface area contributed by atoms with Crippen LogP contribution in [-0.2, 0) is 0 Å². The Bertz CT molecular complexity index is 3820. The second kappa shape index (κ2) is 14.0. The third kappa shape index (κ3) is 5.15. The Morgan fingerprint density at radius 3 is 1.58 bits per heavy atom. The van der Waals surface area contributed by atoms with E-state index in [4.69, 9.17) is 4.42 Å². The first kappa shape index (κ1) is 36.5. The van der Waals surface area contributed by atoms with E-state index in [0.717, 1.165) is 38.7 Å². The molecule has 14 rings (SSSR count). The Labute approximate surface area is 378 Å². The van der Waals surface area contributed by atoms with Crippen LogP contribution in [0, 0.1) is 0 Å². The molecule has 5 aromatic heterocycles. The van der Waals surface area contributed by atoms with Crippen LogP contribution in [-0.4, -0.2) is 22.2 Å². The lowest BCUT2D eigenvalue weighted by molar-refractivity contribution is 0.671. The van der Waals surface area contributed by atoms with Crippen molar-refractivity contribution in [2.75, 3.05) is 0 Å². The third-order valence-corrected chi connectivity index (χ3v) is 20.0. The third-order valence-electron chi connectivity index (χ3n) is 13.8. The smallest absolute Gasteiger partial charge is 0.185 e. The number of aromatic nitrogens is 3. The molecule has 14 aromatic rings. The first-order chi connectivity index (χ1) is 32.3. The Morgan fingerprint density at radius 1 is 0.400 bits per heavy atom. The van der Waals surface area contributed by atoms with Crippen LogP contribution < -0.4 is 20.7 Å². The molecular weight excluding hydrogens is 827 g/mol. The van der Waals surface area contributed by atoms with E-state index in [9.17, 15) is 0 Å². The van der Waals surface area contributed by atoms with Crippen LogP contribution in [0.15, 0.2) is 229 Å². The fourth-order valence-electron chi connectivity index (χ4n) is 11.0. The lowest BCUT2D eigenvalue weighted by atomic mass is 10.1. The van der Waals surface area contributed by atoms with Gasteiger partial charge in [0.25, 0.3) is 0 Å². The van der Waals surface area contributed by atoms with Gasteiger partial charge in [0.2, 0.25) is 0 Å². The van der Waals surface area contributed by atoms with Crippen LogP contribution in [0.4, 0.5) is 0 Å². The lowest BCUT2D eigenvalue weighted by Crippen LogP contribution is -2.74. The van der Waals surface area contributed by atoms with Crippen LogP contribution in [0.3, 0.4) is 0 Å². The maximum atomic E-state index is 7.21. The van der Waals surface area contributed by atoms with Crippen molar-refractivity contribution in [1.82, 2.24) is 14.1 Å². The molecular formula is C59H37N3OSSi. The number of furan rings is 1. The molecule has 65 heavy (non-hydrogen) atoms. The zero-order valence-corrected chi connectivity index (χ0v) is 36.8. The summed E-state index contributed by atoms with van der Waals surface area (Å²) in [5.74, 6) is 0. The second-order valence-corrected chi connectivity index (χ2v) is 21.8. The molecule has 9 aromatic carbocycles. The molecule has 0 saturated carbocycles. The minimum absolute atomic E-state index is 0.872. The van der Waals surface area contributed by atoms with Gasteiger partial charge in [-0.15, -0.1) is 11.3 Å². The molecule has 0 aliphatic rings. The molecule has 0 bridgehead atoms. The van der Waals surface area contributed by atoms with E-state index in [2.05, 4.69) is 226 Å². The molecule has 0 radical (unpaired) electrons. The molecule has 0 amide bonds. The maximum Gasteiger partial charge on any atom is 0.185 e. The monoisotopic (exact) mass is 863 g/mol. The number of hydrogen-bond donors (Lipinski definition) is 0. The molecule has 0 N–H and O–H groups in total. The normalized spacial score (nSPS) is 12.3. The fourth-order valence-corrected chi connectivity index (χ4v) is 17.7. The molecule has 0 aliphatic heterocycles. The van der Waals surface area contributed by atoms with E-state index in [0.29, 0.717) is 0 Å². The number of thiophene rings is 1. The SMILES string of the molecule is c1ccc([Si](c2ccccc2)(c2cccc3c2oc2ccc(-n4c5ccccc5c5ccncc54)cc23)c2cccc3c2sc2ccc(-n4c5ccccc5c5ccccc54)cc23)cc1. The van der Waals surface area contributed by atoms with Crippen molar-refractivity contribution in [2.45, 2.75) is 0 Å². The maximum absolute atomic E-state index is 7.21. The summed E-state index contributed by atoms with van der Waals surface area (Å²) in [4.78, 5) is 4.56. The van der Waals surface area contributed by atoms with Crippen molar-refractivity contribution in [1.29, 1.82) is 0 Å². The average molecular weight is 864 g/mol. The topological polar surface area (TPSA) is 35.9 Å². The molecule has 304 valence electrons. The highest BCUT2D eigenvalue weighted by Gasteiger charge is 2.45. The van der Waals surface area contributed by atoms with Gasteiger partial charge in [0.05, 0.1) is 28.3 Å². The van der Waals surface area contributed by atoms with Crippen molar-refractivity contribution in [2.24, 2.45) is 0 Å².